The molecule has 42 heteroatoms. The van der Waals surface area contributed by atoms with Gasteiger partial charge in [0.1, 0.15) is 66.5 Å². The highest BCUT2D eigenvalue weighted by molar-refractivity contribution is 7.99. The number of aliphatic hydroxyl groups is 1. The van der Waals surface area contributed by atoms with Gasteiger partial charge in [0.15, 0.2) is 5.96 Å². The normalized spacial score (nSPS) is 16.6. The van der Waals surface area contributed by atoms with Crippen LogP contribution in [-0.4, -0.2) is 246 Å². The molecule has 14 amide bonds. The van der Waals surface area contributed by atoms with E-state index in [1.165, 1.54) is 46.9 Å². The molecule has 626 valence electrons. The fourth-order valence-corrected chi connectivity index (χ4v) is 13.8. The van der Waals surface area contributed by atoms with Crippen molar-refractivity contribution in [1.29, 1.82) is 0 Å². The van der Waals surface area contributed by atoms with E-state index in [1.54, 1.807) is 76.9 Å². The Balaban J connectivity index is 1.47. The first kappa shape index (κ1) is 94.0. The number of primary amides is 3. The second-order valence-corrected chi connectivity index (χ2v) is 30.6. The predicted molar refractivity (Wildman–Crippen MR) is 426 cm³/mol. The lowest BCUT2D eigenvalue weighted by molar-refractivity contribution is -0.144. The van der Waals surface area contributed by atoms with E-state index in [-0.39, 0.29) is 57.6 Å². The van der Waals surface area contributed by atoms with E-state index in [9.17, 15) is 67.7 Å². The van der Waals surface area contributed by atoms with Crippen LogP contribution in [0.1, 0.15) is 123 Å². The van der Waals surface area contributed by atoms with E-state index >= 15 is 14.4 Å². The number of nitrogens with zero attached hydrogens (tertiary/aromatic N) is 5. The molecule has 25 N–H and O–H groups in total. The number of para-hydroxylation sites is 1. The minimum atomic E-state index is -1.94. The van der Waals surface area contributed by atoms with Gasteiger partial charge in [0.25, 0.3) is 0 Å². The van der Waals surface area contributed by atoms with Crippen molar-refractivity contribution in [1.82, 2.24) is 78.0 Å². The Hall–Kier alpha value is -10.6. The summed E-state index contributed by atoms with van der Waals surface area (Å²) in [6.45, 7) is 6.59. The van der Waals surface area contributed by atoms with Crippen LogP contribution in [0.5, 0.6) is 0 Å². The number of hydrogen-bond acceptors (Lipinski definition) is 23. The molecule has 0 bridgehead atoms. The van der Waals surface area contributed by atoms with Crippen molar-refractivity contribution in [3.8, 4) is 0 Å². The molecule has 5 rings (SSSR count). The van der Waals surface area contributed by atoms with Crippen LogP contribution in [0.15, 0.2) is 76.9 Å². The molecular formula is C72H108N22O17S3. The van der Waals surface area contributed by atoms with E-state index < -0.39 is 211 Å². The van der Waals surface area contributed by atoms with Crippen molar-refractivity contribution in [3.63, 3.8) is 0 Å². The highest BCUT2D eigenvalue weighted by Gasteiger charge is 2.46. The summed E-state index contributed by atoms with van der Waals surface area (Å²) in [7, 11) is 0. The number of nitrogens with one attached hydrogen (secondary N) is 11. The average molecular weight is 1650 g/mol. The summed E-state index contributed by atoms with van der Waals surface area (Å²) in [4.78, 5) is 217. The van der Waals surface area contributed by atoms with Gasteiger partial charge in [0.05, 0.1) is 37.2 Å². The second kappa shape index (κ2) is 47.2. The maximum Gasteiger partial charge on any atom is 0.303 e. The van der Waals surface area contributed by atoms with Crippen LogP contribution in [0.3, 0.4) is 0 Å². The zero-order valence-corrected chi connectivity index (χ0v) is 67.1. The number of carboxylic acid groups (broad SMARTS) is 1. The van der Waals surface area contributed by atoms with E-state index in [1.807, 2.05) is 30.3 Å². The third kappa shape index (κ3) is 29.7. The molecule has 114 heavy (non-hydrogen) atoms. The van der Waals surface area contributed by atoms with Crippen LogP contribution in [0.25, 0.3) is 10.9 Å². The number of benzene rings is 2. The number of aliphatic imine (C=N–C) groups is 1. The number of aliphatic hydroxyl groups excluding tert-OH is 1. The molecule has 0 aliphatic carbocycles. The largest absolute Gasteiger partial charge is 0.481 e. The average Bonchev–Trinajstić information content (AvgIpc) is 1.63. The van der Waals surface area contributed by atoms with Crippen molar-refractivity contribution in [2.24, 2.45) is 51.2 Å². The molecule has 3 heterocycles. The van der Waals surface area contributed by atoms with Gasteiger partial charge in [-0.15, -0.1) is 16.9 Å². The van der Waals surface area contributed by atoms with Gasteiger partial charge in [-0.3, -0.25) is 76.9 Å². The molecule has 0 saturated carbocycles. The summed E-state index contributed by atoms with van der Waals surface area (Å²) >= 11 is 4.23. The highest BCUT2D eigenvalue weighted by Crippen LogP contribution is 2.31. The first-order valence-electron chi connectivity index (χ1n) is 37.1. The van der Waals surface area contributed by atoms with Crippen LogP contribution < -0.4 is 87.6 Å². The van der Waals surface area contributed by atoms with Crippen molar-refractivity contribution in [2.75, 3.05) is 43.7 Å². The number of rotatable bonds is 50. The Bertz CT molecular complexity index is 4020. The number of guanidine groups is 1. The van der Waals surface area contributed by atoms with Gasteiger partial charge in [-0.1, -0.05) is 82.1 Å². The monoisotopic (exact) mass is 1650 g/mol. The van der Waals surface area contributed by atoms with Gasteiger partial charge < -0.3 is 108 Å². The quantitative estimate of drug-likeness (QED) is 0.00878. The number of aromatic nitrogens is 4. The number of aromatic amines is 1. The minimum Gasteiger partial charge on any atom is -0.481 e. The summed E-state index contributed by atoms with van der Waals surface area (Å²) in [5.41, 5.74) is 35.3. The highest BCUT2D eigenvalue weighted by atomic mass is 32.2. The second-order valence-electron chi connectivity index (χ2n) is 27.6. The van der Waals surface area contributed by atoms with Gasteiger partial charge in [-0.25, -0.2) is 4.68 Å². The number of nitrogens with two attached hydrogens (primary N) is 6. The van der Waals surface area contributed by atoms with E-state index in [0.29, 0.717) is 52.3 Å². The molecule has 0 spiro atoms. The Labute approximate surface area is 671 Å². The molecule has 39 nitrogen and oxygen atoms in total. The number of likely N-dealkylation sites (tertiary alicyclic amines) is 1. The van der Waals surface area contributed by atoms with E-state index in [4.69, 9.17) is 34.4 Å². The number of fused-ring (bicyclic) bond motifs is 1. The van der Waals surface area contributed by atoms with Crippen LogP contribution in [0, 0.1) is 11.8 Å². The minimum absolute atomic E-state index is 0.0897. The van der Waals surface area contributed by atoms with Crippen molar-refractivity contribution in [2.45, 2.75) is 201 Å². The Kier molecular flexibility index (Phi) is 38.9. The van der Waals surface area contributed by atoms with Crippen molar-refractivity contribution in [3.05, 3.63) is 78.2 Å². The van der Waals surface area contributed by atoms with Crippen LogP contribution in [0.4, 0.5) is 0 Å². The standard InChI is InChI=1S/C72H108N22O17S3/c1-8-37(3)58(89-62(102)45(73)19-15-25-79-72(77)78)70(110)87-51(30-55(74)96)66(106)85-52(31-56(75)97)67(107)90-59(38(4)9-2)71(111)93-34-42(94-33-41(91-92-94)36-114-43-16-11-10-12-17-43)29-54(93)69(109)86-50(28-40-32-80-46-20-14-13-18-44(40)46)65(105)88-53(35-95)68(108)84-48(21-22-57(98)99)63(103)81-39(5)61(101)83-49(24-27-113-7)64(104)82-47(60(76)100)23-26-112-6/h10-14,16-18,20,32-33,37-39,42,45,47-54,58-59,80,95H,8-9,15,19,21-31,34-36,73H2,1-7H3,(H2,74,96)(H2,75,97)(H2,76,100)(H,81,103)(H,82,104)(H,83,101)(H,84,108)(H,85,106)(H,86,109)(H,87,110)(H,88,105)(H,89,102)(H,90,107)(H,98,99)(H4,77,78,79)/t37-,38-,39-,42-,45-,47-,48-,49-,50-,51-,52-,53-,54-,58-,59-/m0/s1. The Morgan fingerprint density at radius 2 is 1.13 bits per heavy atom. The number of carbonyl (C=O) groups is 15. The maximum absolute atomic E-state index is 15.7. The molecule has 0 unspecified atom stereocenters. The van der Waals surface area contributed by atoms with Gasteiger partial charge in [-0.05, 0) is 98.6 Å². The molecule has 1 fully saturated rings. The summed E-state index contributed by atoms with van der Waals surface area (Å²) in [6.07, 6.45) is 4.31. The van der Waals surface area contributed by atoms with Gasteiger partial charge in [-0.2, -0.15) is 23.5 Å². The smallest absolute Gasteiger partial charge is 0.303 e. The first-order valence-corrected chi connectivity index (χ1v) is 40.9. The SMILES string of the molecule is CC[C@H](C)[C@H](NC(=O)[C@@H](N)CCCN=C(N)N)C(=O)N[C@@H](CC(N)=O)C(=O)N[C@@H](CC(N)=O)C(=O)N[C@H](C(=O)N1C[C@@H](n2cc(CSc3ccccc3)nn2)C[C@H]1C(=O)N[C@@H](Cc1c[nH]c2ccccc12)C(=O)N[C@@H](CO)C(=O)N[C@@H](CCC(=O)O)C(=O)N[C@@H](C)C(=O)N[C@@H](CCSC)C(=O)N[C@@H](CCSC)C(N)=O)[C@@H](C)CC. The molecule has 0 radical (unpaired) electrons. The van der Waals surface area contributed by atoms with Crippen LogP contribution >= 0.6 is 35.3 Å². The third-order valence-electron chi connectivity index (χ3n) is 19.0. The zero-order valence-electron chi connectivity index (χ0n) is 64.7. The Morgan fingerprint density at radius 1 is 0.605 bits per heavy atom. The summed E-state index contributed by atoms with van der Waals surface area (Å²) < 4.78 is 1.46. The molecule has 1 aliphatic heterocycles. The predicted octanol–water partition coefficient (Wildman–Crippen LogP) is -3.62. The van der Waals surface area contributed by atoms with E-state index in [2.05, 4.69) is 73.5 Å². The number of H-pyrrole nitrogens is 1. The lowest BCUT2D eigenvalue weighted by Crippen LogP contribution is -2.62. The fraction of sp³-hybridized carbons (Fsp3) is 0.556. The molecule has 1 aliphatic rings. The first-order chi connectivity index (χ1) is 54.1. The van der Waals surface area contributed by atoms with Crippen molar-refractivity contribution >= 4 is 141 Å². The van der Waals surface area contributed by atoms with Gasteiger partial charge in [0.2, 0.25) is 82.7 Å². The zero-order chi connectivity index (χ0) is 84.5. The van der Waals surface area contributed by atoms with Gasteiger partial charge in [0, 0.05) is 66.3 Å². The van der Waals surface area contributed by atoms with E-state index in [0.717, 1.165) is 9.80 Å². The molecule has 2 aromatic carbocycles. The Morgan fingerprint density at radius 3 is 1.74 bits per heavy atom. The molecular weight excluding hydrogens is 1540 g/mol. The van der Waals surface area contributed by atoms with Crippen molar-refractivity contribution < 1.29 is 82.1 Å². The van der Waals surface area contributed by atoms with Gasteiger partial charge >= 0.3 is 5.97 Å². The third-order valence-corrected chi connectivity index (χ3v) is 21.3. The number of thioether (sulfide) groups is 3. The number of carboxylic acids is 1. The molecule has 1 saturated heterocycles. The van der Waals surface area contributed by atoms with Crippen LogP contribution in [-0.2, 0) is 84.1 Å². The summed E-state index contributed by atoms with van der Waals surface area (Å²) in [6, 6.07) is -2.96. The number of carbonyl (C=O) groups excluding carboxylic acids is 14. The summed E-state index contributed by atoms with van der Waals surface area (Å²) in [5.74, 6) is -15.8. The topological polar surface area (TPSA) is 635 Å². The lowest BCUT2D eigenvalue weighted by atomic mass is 9.96. The lowest BCUT2D eigenvalue weighted by Gasteiger charge is -2.33. The van der Waals surface area contributed by atoms with Crippen LogP contribution in [0.2, 0.25) is 0 Å². The fourth-order valence-electron chi connectivity index (χ4n) is 12.1. The molecule has 2 aromatic heterocycles. The number of hydrogen-bond donors (Lipinski definition) is 19. The summed E-state index contributed by atoms with van der Waals surface area (Å²) in [5, 5.41) is 55.0. The number of aliphatic carboxylic acids is 1. The maximum atomic E-state index is 15.7. The molecule has 15 atom stereocenters. The number of amides is 14. The molecule has 4 aromatic rings.